The monoisotopic (exact) mass is 272 g/mol. The van der Waals surface area contributed by atoms with Gasteiger partial charge in [0.1, 0.15) is 11.5 Å². The van der Waals surface area contributed by atoms with Crippen LogP contribution in [0.15, 0.2) is 28.8 Å². The number of carbonyl (C=O) groups excluding carboxylic acids is 1. The number of Topliss-reactive ketones (excluding diaryl/α,β-unsaturated/α-hetero) is 1. The van der Waals surface area contributed by atoms with E-state index in [9.17, 15) is 4.79 Å². The molecule has 3 rings (SSSR count). The summed E-state index contributed by atoms with van der Waals surface area (Å²) in [5.74, 6) is 1.69. The molecule has 20 heavy (non-hydrogen) atoms. The van der Waals surface area contributed by atoms with Crippen LogP contribution in [0.4, 0.5) is 0 Å². The van der Waals surface area contributed by atoms with E-state index in [0.717, 1.165) is 24.2 Å². The Kier molecular flexibility index (Phi) is 3.50. The van der Waals surface area contributed by atoms with Gasteiger partial charge in [-0.2, -0.15) is 4.98 Å². The number of rotatable bonds is 4. The Bertz CT molecular complexity index is 621. The highest BCUT2D eigenvalue weighted by molar-refractivity contribution is 5.86. The smallest absolute Gasteiger partial charge is 0.237 e. The van der Waals surface area contributed by atoms with Crippen LogP contribution >= 0.6 is 0 Å². The summed E-state index contributed by atoms with van der Waals surface area (Å²) in [7, 11) is 0. The highest BCUT2D eigenvalue weighted by Crippen LogP contribution is 2.31. The van der Waals surface area contributed by atoms with Crippen molar-refractivity contribution >= 4 is 5.78 Å². The van der Waals surface area contributed by atoms with Gasteiger partial charge in [0.05, 0.1) is 12.5 Å². The lowest BCUT2D eigenvalue weighted by Crippen LogP contribution is -2.04. The molecule has 5 heteroatoms. The molecule has 1 unspecified atom stereocenters. The Labute approximate surface area is 116 Å². The predicted octanol–water partition coefficient (Wildman–Crippen LogP) is 2.97. The van der Waals surface area contributed by atoms with Gasteiger partial charge in [0.25, 0.3) is 0 Å². The zero-order valence-electron chi connectivity index (χ0n) is 11.3. The zero-order chi connectivity index (χ0) is 13.9. The van der Waals surface area contributed by atoms with E-state index in [1.54, 1.807) is 0 Å². The van der Waals surface area contributed by atoms with Crippen LogP contribution in [0.25, 0.3) is 11.4 Å². The molecular formula is C15H16N2O3. The summed E-state index contributed by atoms with van der Waals surface area (Å²) >= 11 is 0. The van der Waals surface area contributed by atoms with Crippen molar-refractivity contribution in [3.63, 3.8) is 0 Å². The molecule has 1 aromatic carbocycles. The molecule has 1 aliphatic rings. The van der Waals surface area contributed by atoms with E-state index in [1.807, 2.05) is 31.2 Å². The van der Waals surface area contributed by atoms with Gasteiger partial charge in [-0.25, -0.2) is 0 Å². The predicted molar refractivity (Wildman–Crippen MR) is 72.5 cm³/mol. The Morgan fingerprint density at radius 1 is 1.45 bits per heavy atom. The number of hydrogen-bond donors (Lipinski definition) is 0. The van der Waals surface area contributed by atoms with Crippen molar-refractivity contribution < 1.29 is 14.1 Å². The van der Waals surface area contributed by atoms with Crippen molar-refractivity contribution in [2.24, 2.45) is 0 Å². The molecule has 1 aromatic heterocycles. The SMILES string of the molecule is CCOc1cccc(-c2noc(C3CCCC3=O)n2)c1. The van der Waals surface area contributed by atoms with Crippen molar-refractivity contribution in [3.05, 3.63) is 30.2 Å². The number of aromatic nitrogens is 2. The van der Waals surface area contributed by atoms with E-state index in [-0.39, 0.29) is 11.7 Å². The molecule has 0 spiro atoms. The lowest BCUT2D eigenvalue weighted by molar-refractivity contribution is -0.119. The molecule has 1 heterocycles. The second-order valence-electron chi connectivity index (χ2n) is 4.83. The molecule has 0 aliphatic heterocycles. The first-order valence-electron chi connectivity index (χ1n) is 6.87. The highest BCUT2D eigenvalue weighted by atomic mass is 16.5. The van der Waals surface area contributed by atoms with Crippen LogP contribution < -0.4 is 4.74 Å². The van der Waals surface area contributed by atoms with E-state index < -0.39 is 0 Å². The third-order valence-corrected chi connectivity index (χ3v) is 3.45. The average Bonchev–Trinajstić information content (AvgIpc) is 3.08. The van der Waals surface area contributed by atoms with Crippen molar-refractivity contribution in [1.29, 1.82) is 0 Å². The minimum absolute atomic E-state index is 0.197. The first-order valence-corrected chi connectivity index (χ1v) is 6.87. The quantitative estimate of drug-likeness (QED) is 0.856. The maximum Gasteiger partial charge on any atom is 0.237 e. The molecule has 1 aliphatic carbocycles. The van der Waals surface area contributed by atoms with Gasteiger partial charge in [-0.15, -0.1) is 0 Å². The molecule has 1 saturated carbocycles. The molecular weight excluding hydrogens is 256 g/mol. The van der Waals surface area contributed by atoms with Gasteiger partial charge in [0.2, 0.25) is 11.7 Å². The fourth-order valence-corrected chi connectivity index (χ4v) is 2.46. The Balaban J connectivity index is 1.86. The van der Waals surface area contributed by atoms with Crippen LogP contribution in [0, 0.1) is 0 Å². The number of benzene rings is 1. The minimum Gasteiger partial charge on any atom is -0.494 e. The minimum atomic E-state index is -0.216. The summed E-state index contributed by atoms with van der Waals surface area (Å²) in [5, 5.41) is 3.97. The summed E-state index contributed by atoms with van der Waals surface area (Å²) in [4.78, 5) is 16.1. The molecule has 2 aromatic rings. The summed E-state index contributed by atoms with van der Waals surface area (Å²) < 4.78 is 10.7. The van der Waals surface area contributed by atoms with E-state index in [4.69, 9.17) is 9.26 Å². The van der Waals surface area contributed by atoms with Crippen LogP contribution in [0.2, 0.25) is 0 Å². The number of ether oxygens (including phenoxy) is 1. The Morgan fingerprint density at radius 3 is 3.10 bits per heavy atom. The average molecular weight is 272 g/mol. The van der Waals surface area contributed by atoms with Gasteiger partial charge in [0.15, 0.2) is 0 Å². The molecule has 0 amide bonds. The van der Waals surface area contributed by atoms with Gasteiger partial charge in [-0.05, 0) is 31.9 Å². The molecule has 0 saturated heterocycles. The number of ketones is 1. The molecule has 0 bridgehead atoms. The largest absolute Gasteiger partial charge is 0.494 e. The van der Waals surface area contributed by atoms with Crippen molar-refractivity contribution in [1.82, 2.24) is 10.1 Å². The van der Waals surface area contributed by atoms with Crippen LogP contribution in [-0.2, 0) is 4.79 Å². The van der Waals surface area contributed by atoms with Crippen LogP contribution in [0.3, 0.4) is 0 Å². The fourth-order valence-electron chi connectivity index (χ4n) is 2.46. The lowest BCUT2D eigenvalue weighted by Gasteiger charge is -2.03. The third kappa shape index (κ3) is 2.43. The zero-order valence-corrected chi connectivity index (χ0v) is 11.3. The van der Waals surface area contributed by atoms with Crippen LogP contribution in [0.1, 0.15) is 38.0 Å². The van der Waals surface area contributed by atoms with Gasteiger partial charge in [-0.3, -0.25) is 4.79 Å². The molecule has 5 nitrogen and oxygen atoms in total. The van der Waals surface area contributed by atoms with Gasteiger partial charge in [-0.1, -0.05) is 17.3 Å². The fraction of sp³-hybridized carbons (Fsp3) is 0.400. The van der Waals surface area contributed by atoms with Crippen LogP contribution in [0.5, 0.6) is 5.75 Å². The maximum atomic E-state index is 11.7. The first-order chi connectivity index (χ1) is 9.78. The Hall–Kier alpha value is -2.17. The molecule has 0 N–H and O–H groups in total. The summed E-state index contributed by atoms with van der Waals surface area (Å²) in [6, 6.07) is 7.54. The van der Waals surface area contributed by atoms with Crippen molar-refractivity contribution in [2.75, 3.05) is 6.61 Å². The second-order valence-corrected chi connectivity index (χ2v) is 4.83. The summed E-state index contributed by atoms with van der Waals surface area (Å²) in [5.41, 5.74) is 0.830. The molecule has 1 fully saturated rings. The third-order valence-electron chi connectivity index (χ3n) is 3.45. The highest BCUT2D eigenvalue weighted by Gasteiger charge is 2.31. The topological polar surface area (TPSA) is 65.2 Å². The Morgan fingerprint density at radius 2 is 2.35 bits per heavy atom. The number of nitrogens with zero attached hydrogens (tertiary/aromatic N) is 2. The number of carbonyl (C=O) groups is 1. The standard InChI is InChI=1S/C15H16N2O3/c1-2-19-11-6-3-5-10(9-11)14-16-15(20-17-14)12-7-4-8-13(12)18/h3,5-6,9,12H,2,4,7-8H2,1H3. The van der Waals surface area contributed by atoms with E-state index in [0.29, 0.717) is 24.7 Å². The molecule has 104 valence electrons. The van der Waals surface area contributed by atoms with E-state index >= 15 is 0 Å². The molecule has 0 radical (unpaired) electrons. The van der Waals surface area contributed by atoms with Gasteiger partial charge >= 0.3 is 0 Å². The van der Waals surface area contributed by atoms with Gasteiger partial charge < -0.3 is 9.26 Å². The van der Waals surface area contributed by atoms with Crippen LogP contribution in [-0.4, -0.2) is 22.5 Å². The van der Waals surface area contributed by atoms with E-state index in [2.05, 4.69) is 10.1 Å². The maximum absolute atomic E-state index is 11.7. The summed E-state index contributed by atoms with van der Waals surface area (Å²) in [6.45, 7) is 2.54. The van der Waals surface area contributed by atoms with Gasteiger partial charge in [0, 0.05) is 12.0 Å². The van der Waals surface area contributed by atoms with Crippen molar-refractivity contribution in [3.8, 4) is 17.1 Å². The summed E-state index contributed by atoms with van der Waals surface area (Å²) in [6.07, 6.45) is 2.32. The normalized spacial score (nSPS) is 18.4. The van der Waals surface area contributed by atoms with E-state index in [1.165, 1.54) is 0 Å². The lowest BCUT2D eigenvalue weighted by atomic mass is 10.1. The second kappa shape index (κ2) is 5.45. The first kappa shape index (κ1) is 12.8. The van der Waals surface area contributed by atoms with Crippen molar-refractivity contribution in [2.45, 2.75) is 32.1 Å². The number of hydrogen-bond acceptors (Lipinski definition) is 5. The molecule has 1 atom stereocenters.